The third-order valence-corrected chi connectivity index (χ3v) is 3.53. The number of carbonyl (C=O) groups excluding carboxylic acids is 1. The summed E-state index contributed by atoms with van der Waals surface area (Å²) in [5.41, 5.74) is 1.56. The van der Waals surface area contributed by atoms with Crippen LogP contribution in [0.3, 0.4) is 0 Å². The number of aliphatic hydroxyl groups is 1. The Bertz CT molecular complexity index is 523. The van der Waals surface area contributed by atoms with Crippen LogP contribution in [0, 0.1) is 0 Å². The van der Waals surface area contributed by atoms with E-state index in [0.717, 1.165) is 24.0 Å². The summed E-state index contributed by atoms with van der Waals surface area (Å²) in [7, 11) is 0. The van der Waals surface area contributed by atoms with E-state index in [1.165, 1.54) is 0 Å². The predicted molar refractivity (Wildman–Crippen MR) is 89.9 cm³/mol. The number of aliphatic hydroxyl groups excluding tert-OH is 1. The molecule has 2 atom stereocenters. The number of fused-ring (bicyclic) bond motifs is 1. The molecule has 0 aromatic heterocycles. The Hall–Kier alpha value is -1.10. The molecule has 0 aliphatic heterocycles. The molecule has 1 aromatic rings. The lowest BCUT2D eigenvalue weighted by molar-refractivity contribution is 0.0106. The second kappa shape index (κ2) is 7.44. The maximum Gasteiger partial charge on any atom is 0.176 e. The average Bonchev–Trinajstić information content (AvgIpc) is 2.37. The van der Waals surface area contributed by atoms with E-state index in [2.05, 4.69) is 5.32 Å². The van der Waals surface area contributed by atoms with Gasteiger partial charge in [-0.05, 0) is 46.6 Å². The van der Waals surface area contributed by atoms with Crippen molar-refractivity contribution in [2.24, 2.45) is 0 Å². The van der Waals surface area contributed by atoms with Gasteiger partial charge in [-0.2, -0.15) is 0 Å². The van der Waals surface area contributed by atoms with E-state index in [9.17, 15) is 9.90 Å². The average molecular weight is 328 g/mol. The monoisotopic (exact) mass is 327 g/mol. The first-order valence-electron chi connectivity index (χ1n) is 7.55. The number of benzene rings is 1. The normalized spacial score (nSPS) is 17.2. The summed E-state index contributed by atoms with van der Waals surface area (Å²) in [6, 6.07) is 5.57. The van der Waals surface area contributed by atoms with Crippen LogP contribution in [0.5, 0.6) is 5.75 Å². The zero-order valence-electron chi connectivity index (χ0n) is 13.7. The molecule has 0 heterocycles. The maximum absolute atomic E-state index is 12.0. The smallest absolute Gasteiger partial charge is 0.176 e. The first-order chi connectivity index (χ1) is 9.78. The van der Waals surface area contributed by atoms with Gasteiger partial charge in [0.15, 0.2) is 12.0 Å². The SMILES string of the molecule is CC(O)C(NC(C)(C)C)Oc1cccc2c1CCCC2=O.Cl. The van der Waals surface area contributed by atoms with Crippen molar-refractivity contribution in [2.75, 3.05) is 0 Å². The van der Waals surface area contributed by atoms with Gasteiger partial charge in [0.1, 0.15) is 11.9 Å². The van der Waals surface area contributed by atoms with Crippen LogP contribution in [0.4, 0.5) is 0 Å². The molecule has 0 radical (unpaired) electrons. The van der Waals surface area contributed by atoms with E-state index in [1.54, 1.807) is 6.92 Å². The number of carbonyl (C=O) groups is 1. The minimum atomic E-state index is -0.653. The summed E-state index contributed by atoms with van der Waals surface area (Å²) in [6.07, 6.45) is 1.15. The number of hydrogen-bond acceptors (Lipinski definition) is 4. The van der Waals surface area contributed by atoms with Crippen LogP contribution in [-0.4, -0.2) is 28.8 Å². The Morgan fingerprint density at radius 2 is 1.95 bits per heavy atom. The maximum atomic E-state index is 12.0. The fraction of sp³-hybridized carbons (Fsp3) is 0.588. The van der Waals surface area contributed by atoms with Crippen LogP contribution in [0.15, 0.2) is 18.2 Å². The molecule has 0 saturated heterocycles. The van der Waals surface area contributed by atoms with Crippen molar-refractivity contribution in [2.45, 2.75) is 64.8 Å². The van der Waals surface area contributed by atoms with E-state index in [4.69, 9.17) is 4.74 Å². The number of nitrogens with one attached hydrogen (secondary N) is 1. The summed E-state index contributed by atoms with van der Waals surface area (Å²) in [5.74, 6) is 0.877. The Kier molecular flexibility index (Phi) is 6.41. The summed E-state index contributed by atoms with van der Waals surface area (Å²) in [4.78, 5) is 12.0. The first-order valence-corrected chi connectivity index (χ1v) is 7.55. The van der Waals surface area contributed by atoms with Crippen LogP contribution in [-0.2, 0) is 6.42 Å². The molecule has 2 unspecified atom stereocenters. The molecule has 0 saturated carbocycles. The minimum absolute atomic E-state index is 0. The Morgan fingerprint density at radius 1 is 1.27 bits per heavy atom. The van der Waals surface area contributed by atoms with E-state index >= 15 is 0 Å². The molecule has 124 valence electrons. The molecule has 2 rings (SSSR count). The highest BCUT2D eigenvalue weighted by molar-refractivity contribution is 5.99. The number of hydrogen-bond donors (Lipinski definition) is 2. The quantitative estimate of drug-likeness (QED) is 0.834. The van der Waals surface area contributed by atoms with Crippen molar-refractivity contribution in [3.05, 3.63) is 29.3 Å². The summed E-state index contributed by atoms with van der Waals surface area (Å²) >= 11 is 0. The lowest BCUT2D eigenvalue weighted by atomic mass is 9.90. The number of ether oxygens (including phenoxy) is 1. The highest BCUT2D eigenvalue weighted by atomic mass is 35.5. The Labute approximate surface area is 138 Å². The second-order valence-electron chi connectivity index (χ2n) is 6.73. The van der Waals surface area contributed by atoms with Gasteiger partial charge in [-0.1, -0.05) is 12.1 Å². The predicted octanol–water partition coefficient (Wildman–Crippen LogP) is 3.10. The van der Waals surface area contributed by atoms with Gasteiger partial charge in [-0.25, -0.2) is 0 Å². The molecule has 1 aliphatic carbocycles. The summed E-state index contributed by atoms with van der Waals surface area (Å²) < 4.78 is 5.99. The van der Waals surface area contributed by atoms with Crippen molar-refractivity contribution < 1.29 is 14.6 Å². The number of ketones is 1. The van der Waals surface area contributed by atoms with E-state index in [0.29, 0.717) is 12.2 Å². The number of rotatable bonds is 4. The second-order valence-corrected chi connectivity index (χ2v) is 6.73. The van der Waals surface area contributed by atoms with Crippen LogP contribution >= 0.6 is 12.4 Å². The van der Waals surface area contributed by atoms with Gasteiger partial charge < -0.3 is 9.84 Å². The molecule has 0 fully saturated rings. The standard InChI is InChI=1S/C17H25NO3.ClH/c1-11(19)16(18-17(2,3)4)21-15-10-6-7-12-13(15)8-5-9-14(12)20;/h6-7,10-11,16,18-19H,5,8-9H2,1-4H3;1H. The largest absolute Gasteiger partial charge is 0.472 e. The van der Waals surface area contributed by atoms with E-state index in [1.807, 2.05) is 39.0 Å². The minimum Gasteiger partial charge on any atom is -0.472 e. The van der Waals surface area contributed by atoms with Gasteiger partial charge in [0.2, 0.25) is 0 Å². The third kappa shape index (κ3) is 4.70. The topological polar surface area (TPSA) is 58.6 Å². The molecule has 0 amide bonds. The molecular weight excluding hydrogens is 302 g/mol. The van der Waals surface area contributed by atoms with Crippen LogP contribution in [0.25, 0.3) is 0 Å². The van der Waals surface area contributed by atoms with Crippen molar-refractivity contribution in [1.29, 1.82) is 0 Å². The van der Waals surface area contributed by atoms with Crippen LogP contribution < -0.4 is 10.1 Å². The third-order valence-electron chi connectivity index (χ3n) is 3.53. The lowest BCUT2D eigenvalue weighted by Gasteiger charge is -2.32. The van der Waals surface area contributed by atoms with Crippen LogP contribution in [0.2, 0.25) is 0 Å². The Morgan fingerprint density at radius 3 is 2.55 bits per heavy atom. The van der Waals surface area contributed by atoms with Gasteiger partial charge >= 0.3 is 0 Å². The van der Waals surface area contributed by atoms with Gasteiger partial charge in [-0.15, -0.1) is 12.4 Å². The number of Topliss-reactive ketones (excluding diaryl/α,β-unsaturated/α-hetero) is 1. The molecule has 1 aromatic carbocycles. The highest BCUT2D eigenvalue weighted by Gasteiger charge is 2.26. The van der Waals surface area contributed by atoms with Gasteiger partial charge in [0, 0.05) is 23.1 Å². The number of halogens is 1. The van der Waals surface area contributed by atoms with E-state index < -0.39 is 12.3 Å². The molecule has 0 spiro atoms. The zero-order chi connectivity index (χ0) is 15.6. The molecular formula is C17H26ClNO3. The molecule has 22 heavy (non-hydrogen) atoms. The molecule has 0 bridgehead atoms. The first kappa shape index (κ1) is 18.9. The van der Waals surface area contributed by atoms with Crippen molar-refractivity contribution >= 4 is 18.2 Å². The Balaban J connectivity index is 0.00000242. The van der Waals surface area contributed by atoms with Gasteiger partial charge in [0.05, 0.1) is 0 Å². The zero-order valence-corrected chi connectivity index (χ0v) is 14.5. The molecule has 1 aliphatic rings. The highest BCUT2D eigenvalue weighted by Crippen LogP contribution is 2.30. The van der Waals surface area contributed by atoms with Crippen molar-refractivity contribution in [3.8, 4) is 5.75 Å². The van der Waals surface area contributed by atoms with Gasteiger partial charge in [0.25, 0.3) is 0 Å². The molecule has 4 nitrogen and oxygen atoms in total. The fourth-order valence-corrected chi connectivity index (χ4v) is 2.57. The van der Waals surface area contributed by atoms with Crippen molar-refractivity contribution in [3.63, 3.8) is 0 Å². The van der Waals surface area contributed by atoms with E-state index in [-0.39, 0.29) is 23.7 Å². The molecule has 5 heteroatoms. The summed E-state index contributed by atoms with van der Waals surface area (Å²) in [5, 5.41) is 13.2. The van der Waals surface area contributed by atoms with Crippen molar-refractivity contribution in [1.82, 2.24) is 5.32 Å². The lowest BCUT2D eigenvalue weighted by Crippen LogP contribution is -2.51. The summed E-state index contributed by atoms with van der Waals surface area (Å²) in [6.45, 7) is 7.77. The molecule has 2 N–H and O–H groups in total. The van der Waals surface area contributed by atoms with Gasteiger partial charge in [-0.3, -0.25) is 10.1 Å². The van der Waals surface area contributed by atoms with Crippen LogP contribution in [0.1, 0.15) is 56.5 Å². The fourth-order valence-electron chi connectivity index (χ4n) is 2.57.